The molecular weight excluding hydrogens is 488 g/mol. The summed E-state index contributed by atoms with van der Waals surface area (Å²) in [5.41, 5.74) is 6.93. The lowest BCUT2D eigenvalue weighted by molar-refractivity contribution is -0.126. The highest BCUT2D eigenvalue weighted by molar-refractivity contribution is 8.24. The number of nitrogens with zero attached hydrogens (tertiary/aromatic N) is 1. The Morgan fingerprint density at radius 3 is 2.54 bits per heavy atom. The van der Waals surface area contributed by atoms with Crippen LogP contribution in [0, 0.1) is 22.5 Å². The van der Waals surface area contributed by atoms with Gasteiger partial charge in [0.1, 0.15) is 5.82 Å². The van der Waals surface area contributed by atoms with E-state index in [-0.39, 0.29) is 17.0 Å². The van der Waals surface area contributed by atoms with Crippen LogP contribution < -0.4 is 10.5 Å². The van der Waals surface area contributed by atoms with E-state index in [1.807, 2.05) is 26.0 Å². The van der Waals surface area contributed by atoms with Crippen molar-refractivity contribution in [1.82, 2.24) is 0 Å². The standard InChI is InChI=1S/C26H27F2N3O2S2/c1-15(2)33-20-9-8-16(13-19(20)28)21-10-11-22(35-21)23(17-6-5-7-18(27)12-17)26(3,4)24(32)31-25(30)34-14-29/h5-15,23,29H,1-4H3,(H2,30,31,32). The molecule has 3 rings (SSSR count). The lowest BCUT2D eigenvalue weighted by atomic mass is 9.73. The van der Waals surface area contributed by atoms with E-state index in [1.165, 1.54) is 29.5 Å². The topological polar surface area (TPSA) is 88.5 Å². The van der Waals surface area contributed by atoms with Gasteiger partial charge in [0.05, 0.1) is 17.1 Å². The molecule has 9 heteroatoms. The van der Waals surface area contributed by atoms with E-state index in [9.17, 15) is 13.6 Å². The number of hydrogen-bond donors (Lipinski definition) is 2. The first-order valence-electron chi connectivity index (χ1n) is 10.9. The Bertz CT molecular complexity index is 1250. The summed E-state index contributed by atoms with van der Waals surface area (Å²) in [5.74, 6) is -1.73. The van der Waals surface area contributed by atoms with Gasteiger partial charge in [0.15, 0.2) is 16.7 Å². The third-order valence-corrected chi connectivity index (χ3v) is 6.99. The molecule has 0 saturated heterocycles. The number of benzene rings is 2. The minimum absolute atomic E-state index is 0.0397. The summed E-state index contributed by atoms with van der Waals surface area (Å²) in [6.07, 6.45) is -0.149. The highest BCUT2D eigenvalue weighted by Crippen LogP contribution is 2.46. The minimum atomic E-state index is -1.09. The number of nitrogens with one attached hydrogen (secondary N) is 1. The van der Waals surface area contributed by atoms with Gasteiger partial charge in [0, 0.05) is 15.7 Å². The molecule has 0 bridgehead atoms. The second-order valence-electron chi connectivity index (χ2n) is 8.71. The van der Waals surface area contributed by atoms with Crippen molar-refractivity contribution < 1.29 is 18.3 Å². The fourth-order valence-electron chi connectivity index (χ4n) is 3.74. The number of hydrogen-bond acceptors (Lipinski definition) is 5. The van der Waals surface area contributed by atoms with Crippen molar-refractivity contribution in [3.05, 3.63) is 76.7 Å². The number of halogens is 2. The fraction of sp³-hybridized carbons (Fsp3) is 0.269. The smallest absolute Gasteiger partial charge is 0.254 e. The van der Waals surface area contributed by atoms with Crippen LogP contribution in [-0.2, 0) is 4.79 Å². The molecule has 0 fully saturated rings. The lowest BCUT2D eigenvalue weighted by Crippen LogP contribution is -2.32. The average molecular weight is 516 g/mol. The van der Waals surface area contributed by atoms with Crippen LogP contribution in [0.1, 0.15) is 44.1 Å². The van der Waals surface area contributed by atoms with Gasteiger partial charge in [-0.05, 0) is 93.0 Å². The summed E-state index contributed by atoms with van der Waals surface area (Å²) in [7, 11) is 0. The van der Waals surface area contributed by atoms with E-state index in [0.717, 1.165) is 27.1 Å². The molecule has 1 heterocycles. The second kappa shape index (κ2) is 11.1. The van der Waals surface area contributed by atoms with Gasteiger partial charge in [-0.25, -0.2) is 8.78 Å². The van der Waals surface area contributed by atoms with Gasteiger partial charge in [-0.2, -0.15) is 4.99 Å². The number of thioether (sulfide) groups is 1. The predicted octanol–water partition coefficient (Wildman–Crippen LogP) is 6.82. The maximum absolute atomic E-state index is 14.6. The molecule has 35 heavy (non-hydrogen) atoms. The normalized spacial score (nSPS) is 13.1. The molecule has 0 radical (unpaired) electrons. The molecule has 1 amide bonds. The molecule has 184 valence electrons. The first kappa shape index (κ1) is 26.6. The van der Waals surface area contributed by atoms with Crippen LogP contribution in [0.25, 0.3) is 10.4 Å². The minimum Gasteiger partial charge on any atom is -0.488 e. The monoisotopic (exact) mass is 515 g/mol. The molecule has 0 saturated carbocycles. The zero-order chi connectivity index (χ0) is 25.8. The Morgan fingerprint density at radius 2 is 1.91 bits per heavy atom. The van der Waals surface area contributed by atoms with Crippen LogP contribution in [-0.4, -0.2) is 22.7 Å². The third kappa shape index (κ3) is 6.35. The van der Waals surface area contributed by atoms with Crippen molar-refractivity contribution >= 4 is 39.7 Å². The second-order valence-corrected chi connectivity index (χ2v) is 10.7. The maximum Gasteiger partial charge on any atom is 0.254 e. The number of aliphatic imine (C=N–C) groups is 1. The van der Waals surface area contributed by atoms with Crippen molar-refractivity contribution in [2.75, 3.05) is 0 Å². The number of thiophene rings is 1. The van der Waals surface area contributed by atoms with Crippen molar-refractivity contribution in [1.29, 1.82) is 5.41 Å². The van der Waals surface area contributed by atoms with Crippen LogP contribution in [0.2, 0.25) is 0 Å². The lowest BCUT2D eigenvalue weighted by Gasteiger charge is -2.31. The number of carbonyl (C=O) groups excluding carboxylic acids is 1. The number of amides is 1. The molecule has 1 aromatic heterocycles. The molecule has 0 aliphatic rings. The largest absolute Gasteiger partial charge is 0.488 e. The summed E-state index contributed by atoms with van der Waals surface area (Å²) in [6.45, 7) is 7.12. The number of carbonyl (C=O) groups is 1. The number of ether oxygens (including phenoxy) is 1. The van der Waals surface area contributed by atoms with Gasteiger partial charge in [0.2, 0.25) is 0 Å². The van der Waals surface area contributed by atoms with Crippen LogP contribution in [0.5, 0.6) is 5.75 Å². The van der Waals surface area contributed by atoms with Crippen molar-refractivity contribution in [3.8, 4) is 16.2 Å². The molecular formula is C26H27F2N3O2S2. The quantitative estimate of drug-likeness (QED) is 0.254. The summed E-state index contributed by atoms with van der Waals surface area (Å²) in [6, 6.07) is 14.6. The van der Waals surface area contributed by atoms with Gasteiger partial charge in [-0.3, -0.25) is 4.79 Å². The van der Waals surface area contributed by atoms with Crippen LogP contribution >= 0.6 is 23.1 Å². The molecule has 3 N–H and O–H groups in total. The molecule has 0 spiro atoms. The molecule has 2 aromatic carbocycles. The summed E-state index contributed by atoms with van der Waals surface area (Å²) < 4.78 is 34.3. The van der Waals surface area contributed by atoms with Gasteiger partial charge in [0.25, 0.3) is 5.91 Å². The first-order valence-corrected chi connectivity index (χ1v) is 12.6. The number of amidine groups is 1. The Hall–Kier alpha value is -3.04. The van der Waals surface area contributed by atoms with Crippen molar-refractivity contribution in [2.45, 2.75) is 39.7 Å². The highest BCUT2D eigenvalue weighted by atomic mass is 32.2. The van der Waals surface area contributed by atoms with E-state index in [4.69, 9.17) is 15.9 Å². The molecule has 5 nitrogen and oxygen atoms in total. The molecule has 3 aromatic rings. The summed E-state index contributed by atoms with van der Waals surface area (Å²) in [5, 5.41) is 7.11. The van der Waals surface area contributed by atoms with Crippen molar-refractivity contribution in [3.63, 3.8) is 0 Å². The number of rotatable bonds is 8. The van der Waals surface area contributed by atoms with Crippen molar-refractivity contribution in [2.24, 2.45) is 16.1 Å². The van der Waals surface area contributed by atoms with Gasteiger partial charge in [-0.15, -0.1) is 11.3 Å². The van der Waals surface area contributed by atoms with E-state index in [1.54, 1.807) is 38.1 Å². The Kier molecular flexibility index (Phi) is 8.45. The maximum atomic E-state index is 14.6. The summed E-state index contributed by atoms with van der Waals surface area (Å²) >= 11 is 2.23. The zero-order valence-electron chi connectivity index (χ0n) is 19.8. The third-order valence-electron chi connectivity index (χ3n) is 5.34. The van der Waals surface area contributed by atoms with Gasteiger partial charge >= 0.3 is 0 Å². The SMILES string of the molecule is CC(C)Oc1ccc(-c2ccc(C(c3cccc(F)c3)C(C)(C)C(=O)N=C(N)SC=N)s2)cc1F. The molecule has 1 unspecified atom stereocenters. The molecule has 0 aliphatic heterocycles. The van der Waals surface area contributed by atoms with Crippen LogP contribution in [0.3, 0.4) is 0 Å². The Labute approximate surface area is 211 Å². The molecule has 0 aliphatic carbocycles. The highest BCUT2D eigenvalue weighted by Gasteiger charge is 2.40. The van der Waals surface area contributed by atoms with Crippen LogP contribution in [0.15, 0.2) is 59.6 Å². The number of nitrogens with two attached hydrogens (primary N) is 1. The van der Waals surface area contributed by atoms with Crippen LogP contribution in [0.4, 0.5) is 8.78 Å². The van der Waals surface area contributed by atoms with E-state index in [0.29, 0.717) is 11.1 Å². The van der Waals surface area contributed by atoms with E-state index < -0.39 is 28.9 Å². The van der Waals surface area contributed by atoms with E-state index in [2.05, 4.69) is 4.99 Å². The van der Waals surface area contributed by atoms with Gasteiger partial charge < -0.3 is 15.9 Å². The Balaban J connectivity index is 2.05. The average Bonchev–Trinajstić information content (AvgIpc) is 3.24. The van der Waals surface area contributed by atoms with Gasteiger partial charge in [-0.1, -0.05) is 12.1 Å². The Morgan fingerprint density at radius 1 is 1.17 bits per heavy atom. The van der Waals surface area contributed by atoms with E-state index >= 15 is 0 Å². The predicted molar refractivity (Wildman–Crippen MR) is 141 cm³/mol. The zero-order valence-corrected chi connectivity index (χ0v) is 21.5. The first-order chi connectivity index (χ1) is 16.5. The fourth-order valence-corrected chi connectivity index (χ4v) is 5.32. The summed E-state index contributed by atoms with van der Waals surface area (Å²) in [4.78, 5) is 18.7. The molecule has 1 atom stereocenters.